The zero-order valence-corrected chi connectivity index (χ0v) is 16.5. The minimum atomic E-state index is -0.548. The molecule has 4 saturated carbocycles. The monoisotopic (exact) mass is 372 g/mol. The van der Waals surface area contributed by atoms with E-state index in [4.69, 9.17) is 9.94 Å². The van der Waals surface area contributed by atoms with Crippen LogP contribution in [0.15, 0.2) is 18.2 Å². The van der Waals surface area contributed by atoms with E-state index >= 15 is 0 Å². The van der Waals surface area contributed by atoms with Crippen molar-refractivity contribution in [1.29, 1.82) is 0 Å². The minimum absolute atomic E-state index is 0.347. The molecule has 4 aliphatic carbocycles. The van der Waals surface area contributed by atoms with Gasteiger partial charge in [-0.25, -0.2) is 5.48 Å². The van der Waals surface area contributed by atoms with Crippen LogP contribution in [0.1, 0.15) is 60.9 Å². The van der Waals surface area contributed by atoms with Crippen LogP contribution in [0, 0.1) is 23.2 Å². The van der Waals surface area contributed by atoms with Gasteiger partial charge in [0, 0.05) is 6.54 Å². The van der Waals surface area contributed by atoms with Crippen molar-refractivity contribution in [3.8, 4) is 5.75 Å². The Labute approximate surface area is 162 Å². The Morgan fingerprint density at radius 2 is 1.85 bits per heavy atom. The van der Waals surface area contributed by atoms with E-state index in [0.29, 0.717) is 16.7 Å². The Bertz CT molecular complexity index is 668. The Morgan fingerprint density at radius 1 is 1.22 bits per heavy atom. The molecule has 5 rings (SSSR count). The highest BCUT2D eigenvalue weighted by Crippen LogP contribution is 2.61. The molecule has 0 heterocycles. The molecule has 2 N–H and O–H groups in total. The van der Waals surface area contributed by atoms with E-state index in [-0.39, 0.29) is 0 Å². The number of nitrogens with one attached hydrogen (secondary N) is 1. The highest BCUT2D eigenvalue weighted by Gasteiger charge is 2.50. The van der Waals surface area contributed by atoms with E-state index in [9.17, 15) is 4.79 Å². The summed E-state index contributed by atoms with van der Waals surface area (Å²) >= 11 is 0. The normalized spacial score (nSPS) is 31.3. The maximum atomic E-state index is 11.7. The van der Waals surface area contributed by atoms with Crippen molar-refractivity contribution in [3.63, 3.8) is 0 Å². The summed E-state index contributed by atoms with van der Waals surface area (Å²) in [5.74, 6) is 2.98. The highest BCUT2D eigenvalue weighted by molar-refractivity contribution is 5.96. The van der Waals surface area contributed by atoms with Crippen molar-refractivity contribution >= 4 is 5.91 Å². The number of hydrogen-bond donors (Lipinski definition) is 2. The van der Waals surface area contributed by atoms with Crippen LogP contribution in [-0.2, 0) is 6.54 Å². The quantitative estimate of drug-likeness (QED) is 0.564. The molecule has 0 saturated heterocycles. The summed E-state index contributed by atoms with van der Waals surface area (Å²) in [6.07, 6.45) is 10.2. The summed E-state index contributed by atoms with van der Waals surface area (Å²) in [6, 6.07) is 5.55. The average Bonchev–Trinajstić information content (AvgIpc) is 2.64. The molecule has 0 aliphatic heterocycles. The number of methoxy groups -OCH3 is 1. The molecule has 4 bridgehead atoms. The number of hydrogen-bond acceptors (Lipinski definition) is 4. The van der Waals surface area contributed by atoms with Gasteiger partial charge in [-0.3, -0.25) is 10.0 Å². The van der Waals surface area contributed by atoms with E-state index in [1.807, 2.05) is 12.1 Å². The molecule has 27 heavy (non-hydrogen) atoms. The first-order valence-corrected chi connectivity index (χ1v) is 10.3. The maximum Gasteiger partial charge on any atom is 0.278 e. The van der Waals surface area contributed by atoms with Gasteiger partial charge in [0.15, 0.2) is 0 Å². The van der Waals surface area contributed by atoms with Crippen LogP contribution in [-0.4, -0.2) is 36.7 Å². The summed E-state index contributed by atoms with van der Waals surface area (Å²) in [6.45, 7) is 1.96. The zero-order valence-electron chi connectivity index (χ0n) is 16.5. The Kier molecular flexibility index (Phi) is 5.17. The molecule has 5 heteroatoms. The molecular weight excluding hydrogens is 340 g/mol. The second-order valence-corrected chi connectivity index (χ2v) is 9.38. The van der Waals surface area contributed by atoms with Gasteiger partial charge in [0.05, 0.1) is 12.7 Å². The predicted molar refractivity (Wildman–Crippen MR) is 104 cm³/mol. The van der Waals surface area contributed by atoms with E-state index in [0.717, 1.165) is 36.4 Å². The standard InChI is InChI=1S/C22H32N2O3/c1-24(14-15-3-4-19(21(25)23-26)20(10-15)27-2)6-5-22-11-16-7-17(12-22)9-18(8-16)13-22/h3-4,10,16-18,26H,5-9,11-14H2,1-2H3,(H,23,25). The van der Waals surface area contributed by atoms with Crippen LogP contribution in [0.4, 0.5) is 0 Å². The number of ether oxygens (including phenoxy) is 1. The first kappa shape index (κ1) is 18.8. The largest absolute Gasteiger partial charge is 0.496 e. The van der Waals surface area contributed by atoms with E-state index in [1.165, 1.54) is 44.9 Å². The molecule has 1 amide bonds. The van der Waals surface area contributed by atoms with Crippen LogP contribution in [0.3, 0.4) is 0 Å². The second kappa shape index (κ2) is 7.44. The molecule has 0 spiro atoms. The fourth-order valence-electron chi connectivity index (χ4n) is 6.50. The average molecular weight is 373 g/mol. The first-order chi connectivity index (χ1) is 13.0. The maximum absolute atomic E-state index is 11.7. The van der Waals surface area contributed by atoms with Crippen molar-refractivity contribution in [2.24, 2.45) is 23.2 Å². The van der Waals surface area contributed by atoms with Crippen LogP contribution in [0.25, 0.3) is 0 Å². The Hall–Kier alpha value is -1.59. The smallest absolute Gasteiger partial charge is 0.278 e. The van der Waals surface area contributed by atoms with Crippen molar-refractivity contribution in [2.75, 3.05) is 20.7 Å². The first-order valence-electron chi connectivity index (χ1n) is 10.3. The van der Waals surface area contributed by atoms with Crippen molar-refractivity contribution in [3.05, 3.63) is 29.3 Å². The topological polar surface area (TPSA) is 61.8 Å². The van der Waals surface area contributed by atoms with E-state index < -0.39 is 5.91 Å². The van der Waals surface area contributed by atoms with Crippen LogP contribution < -0.4 is 10.2 Å². The number of carbonyl (C=O) groups is 1. The van der Waals surface area contributed by atoms with Gasteiger partial charge in [0.25, 0.3) is 5.91 Å². The zero-order chi connectivity index (χ0) is 19.0. The lowest BCUT2D eigenvalue weighted by Crippen LogP contribution is -2.47. The number of benzene rings is 1. The third-order valence-corrected chi connectivity index (χ3v) is 7.25. The fourth-order valence-corrected chi connectivity index (χ4v) is 6.50. The van der Waals surface area contributed by atoms with Gasteiger partial charge in [-0.2, -0.15) is 0 Å². The molecule has 0 aromatic heterocycles. The number of nitrogens with zero attached hydrogens (tertiary/aromatic N) is 1. The number of hydroxylamine groups is 1. The second-order valence-electron chi connectivity index (χ2n) is 9.38. The fraction of sp³-hybridized carbons (Fsp3) is 0.682. The van der Waals surface area contributed by atoms with E-state index in [2.05, 4.69) is 11.9 Å². The third-order valence-electron chi connectivity index (χ3n) is 7.25. The van der Waals surface area contributed by atoms with Gasteiger partial charge < -0.3 is 9.64 Å². The van der Waals surface area contributed by atoms with E-state index in [1.54, 1.807) is 18.7 Å². The lowest BCUT2D eigenvalue weighted by atomic mass is 9.49. The predicted octanol–water partition coefficient (Wildman–Crippen LogP) is 3.85. The summed E-state index contributed by atoms with van der Waals surface area (Å²) in [5, 5.41) is 8.85. The molecule has 4 aliphatic rings. The number of rotatable bonds is 7. The van der Waals surface area contributed by atoms with Crippen LogP contribution in [0.2, 0.25) is 0 Å². The van der Waals surface area contributed by atoms with Crippen LogP contribution >= 0.6 is 0 Å². The lowest BCUT2D eigenvalue weighted by Gasteiger charge is -2.57. The summed E-state index contributed by atoms with van der Waals surface area (Å²) in [5.41, 5.74) is 3.75. The molecule has 0 unspecified atom stereocenters. The van der Waals surface area contributed by atoms with Gasteiger partial charge in [0.1, 0.15) is 5.75 Å². The van der Waals surface area contributed by atoms with Gasteiger partial charge in [-0.1, -0.05) is 6.07 Å². The summed E-state index contributed by atoms with van der Waals surface area (Å²) in [4.78, 5) is 14.1. The molecule has 0 radical (unpaired) electrons. The SMILES string of the molecule is COc1cc(CN(C)CCC23CC4CC(CC(C4)C2)C3)ccc1C(=O)NO. The molecular formula is C22H32N2O3. The molecule has 1 aromatic rings. The molecule has 148 valence electrons. The molecule has 0 atom stereocenters. The minimum Gasteiger partial charge on any atom is -0.496 e. The summed E-state index contributed by atoms with van der Waals surface area (Å²) < 4.78 is 5.32. The van der Waals surface area contributed by atoms with Gasteiger partial charge >= 0.3 is 0 Å². The summed E-state index contributed by atoms with van der Waals surface area (Å²) in [7, 11) is 3.73. The molecule has 4 fully saturated rings. The van der Waals surface area contributed by atoms with Crippen molar-refractivity contribution in [2.45, 2.75) is 51.5 Å². The van der Waals surface area contributed by atoms with Gasteiger partial charge in [0.2, 0.25) is 0 Å². The molecule has 1 aromatic carbocycles. The Morgan fingerprint density at radius 3 is 2.41 bits per heavy atom. The van der Waals surface area contributed by atoms with Gasteiger partial charge in [-0.15, -0.1) is 0 Å². The molecule has 5 nitrogen and oxygen atoms in total. The highest BCUT2D eigenvalue weighted by atomic mass is 16.5. The lowest BCUT2D eigenvalue weighted by molar-refractivity contribution is -0.0604. The third kappa shape index (κ3) is 3.85. The van der Waals surface area contributed by atoms with Gasteiger partial charge in [-0.05, 0) is 99.4 Å². The van der Waals surface area contributed by atoms with Crippen LogP contribution in [0.5, 0.6) is 5.75 Å². The number of carbonyl (C=O) groups excluding carboxylic acids is 1. The number of amides is 1. The van der Waals surface area contributed by atoms with Crippen molar-refractivity contribution in [1.82, 2.24) is 10.4 Å². The van der Waals surface area contributed by atoms with Crippen molar-refractivity contribution < 1.29 is 14.7 Å². The Balaban J connectivity index is 1.36.